The molecule has 2 fully saturated rings. The number of carbonyl (C=O) groups excluding carboxylic acids is 2. The van der Waals surface area contributed by atoms with Crippen molar-refractivity contribution >= 4 is 23.4 Å². The third-order valence-corrected chi connectivity index (χ3v) is 6.09. The van der Waals surface area contributed by atoms with Gasteiger partial charge in [-0.3, -0.25) is 9.59 Å². The Labute approximate surface area is 184 Å². The van der Waals surface area contributed by atoms with Crippen LogP contribution in [0.2, 0.25) is 5.02 Å². The molecule has 2 heterocycles. The zero-order chi connectivity index (χ0) is 21.7. The maximum atomic E-state index is 12.9. The van der Waals surface area contributed by atoms with Crippen LogP contribution in [-0.2, 0) is 14.3 Å². The first-order valence-electron chi connectivity index (χ1n) is 10.9. The largest absolute Gasteiger partial charge is 0.493 e. The topological polar surface area (TPSA) is 59.1 Å². The van der Waals surface area contributed by atoms with Gasteiger partial charge >= 0.3 is 0 Å². The minimum Gasteiger partial charge on any atom is -0.493 e. The first kappa shape index (κ1) is 22.9. The van der Waals surface area contributed by atoms with E-state index < -0.39 is 0 Å². The highest BCUT2D eigenvalue weighted by molar-refractivity contribution is 6.30. The van der Waals surface area contributed by atoms with Gasteiger partial charge in [0.25, 0.3) is 0 Å². The van der Waals surface area contributed by atoms with E-state index in [1.54, 1.807) is 6.07 Å². The second-order valence-corrected chi connectivity index (χ2v) is 8.95. The normalized spacial score (nSPS) is 22.8. The lowest BCUT2D eigenvalue weighted by molar-refractivity contribution is -0.150. The van der Waals surface area contributed by atoms with E-state index in [1.165, 1.54) is 0 Å². The molecule has 0 aromatic heterocycles. The van der Waals surface area contributed by atoms with E-state index >= 15 is 0 Å². The molecule has 6 nitrogen and oxygen atoms in total. The van der Waals surface area contributed by atoms with Crippen LogP contribution in [0, 0.1) is 12.8 Å². The van der Waals surface area contributed by atoms with E-state index in [9.17, 15) is 9.59 Å². The predicted molar refractivity (Wildman–Crippen MR) is 117 cm³/mol. The van der Waals surface area contributed by atoms with Crippen LogP contribution in [-0.4, -0.2) is 66.6 Å². The molecule has 1 aromatic carbocycles. The van der Waals surface area contributed by atoms with Crippen molar-refractivity contribution in [1.29, 1.82) is 0 Å². The lowest BCUT2D eigenvalue weighted by Gasteiger charge is -2.39. The van der Waals surface area contributed by atoms with Gasteiger partial charge in [-0.1, -0.05) is 11.6 Å². The zero-order valence-electron chi connectivity index (χ0n) is 18.2. The van der Waals surface area contributed by atoms with Gasteiger partial charge in [-0.05, 0) is 63.8 Å². The average Bonchev–Trinajstić information content (AvgIpc) is 2.71. The summed E-state index contributed by atoms with van der Waals surface area (Å²) in [5.74, 6) is 1.18. The van der Waals surface area contributed by atoms with Gasteiger partial charge in [0, 0.05) is 43.5 Å². The van der Waals surface area contributed by atoms with E-state index in [-0.39, 0.29) is 29.9 Å². The van der Waals surface area contributed by atoms with Crippen LogP contribution in [0.25, 0.3) is 0 Å². The molecular formula is C23H33ClN2O4. The van der Waals surface area contributed by atoms with Crippen molar-refractivity contribution in [2.75, 3.05) is 32.8 Å². The van der Waals surface area contributed by atoms with Crippen molar-refractivity contribution in [1.82, 2.24) is 9.80 Å². The number of rotatable bonds is 6. The number of hydrogen-bond acceptors (Lipinski definition) is 4. The third-order valence-electron chi connectivity index (χ3n) is 5.86. The number of piperidine rings is 1. The quantitative estimate of drug-likeness (QED) is 0.638. The number of likely N-dealkylation sites (tertiary alicyclic amines) is 1. The summed E-state index contributed by atoms with van der Waals surface area (Å²) in [5, 5.41) is 0.689. The number of aryl methyl sites for hydroxylation is 1. The zero-order valence-corrected chi connectivity index (χ0v) is 19.0. The Kier molecular flexibility index (Phi) is 8.00. The fourth-order valence-electron chi connectivity index (χ4n) is 4.33. The van der Waals surface area contributed by atoms with Crippen molar-refractivity contribution in [2.24, 2.45) is 5.92 Å². The van der Waals surface area contributed by atoms with Crippen LogP contribution in [0.1, 0.15) is 45.1 Å². The number of morpholine rings is 1. The van der Waals surface area contributed by atoms with Crippen LogP contribution in [0.15, 0.2) is 18.2 Å². The van der Waals surface area contributed by atoms with E-state index in [0.717, 1.165) is 24.2 Å². The monoisotopic (exact) mass is 436 g/mol. The van der Waals surface area contributed by atoms with Crippen molar-refractivity contribution in [3.8, 4) is 5.75 Å². The van der Waals surface area contributed by atoms with E-state index in [0.29, 0.717) is 50.7 Å². The van der Waals surface area contributed by atoms with Gasteiger partial charge in [0.1, 0.15) is 5.75 Å². The molecule has 166 valence electrons. The number of amides is 2. The summed E-state index contributed by atoms with van der Waals surface area (Å²) in [6.07, 6.45) is 2.78. The Hall–Kier alpha value is -1.79. The van der Waals surface area contributed by atoms with Crippen molar-refractivity contribution in [3.05, 3.63) is 28.8 Å². The Bertz CT molecular complexity index is 739. The smallest absolute Gasteiger partial charge is 0.225 e. The molecule has 2 unspecified atom stereocenters. The van der Waals surface area contributed by atoms with Gasteiger partial charge in [-0.15, -0.1) is 0 Å². The molecular weight excluding hydrogens is 404 g/mol. The second-order valence-electron chi connectivity index (χ2n) is 8.52. The van der Waals surface area contributed by atoms with Gasteiger partial charge in [0.05, 0.1) is 18.8 Å². The highest BCUT2D eigenvalue weighted by Gasteiger charge is 2.33. The number of halogens is 1. The Morgan fingerprint density at radius 1 is 1.13 bits per heavy atom. The summed E-state index contributed by atoms with van der Waals surface area (Å²) in [7, 11) is 0. The fraction of sp³-hybridized carbons (Fsp3) is 0.652. The van der Waals surface area contributed by atoms with Gasteiger partial charge in [-0.2, -0.15) is 0 Å². The van der Waals surface area contributed by atoms with Gasteiger partial charge in [0.2, 0.25) is 11.8 Å². The summed E-state index contributed by atoms with van der Waals surface area (Å²) < 4.78 is 11.5. The Morgan fingerprint density at radius 2 is 1.80 bits per heavy atom. The molecule has 0 spiro atoms. The third kappa shape index (κ3) is 6.11. The number of ether oxygens (including phenoxy) is 2. The van der Waals surface area contributed by atoms with Crippen LogP contribution in [0.4, 0.5) is 0 Å². The van der Waals surface area contributed by atoms with E-state index in [1.807, 2.05) is 42.7 Å². The molecule has 2 aliphatic rings. The van der Waals surface area contributed by atoms with Crippen molar-refractivity contribution in [2.45, 2.75) is 58.7 Å². The lowest BCUT2D eigenvalue weighted by atomic mass is 9.94. The van der Waals surface area contributed by atoms with Crippen LogP contribution in [0.3, 0.4) is 0 Å². The lowest BCUT2D eigenvalue weighted by Crippen LogP contribution is -2.51. The summed E-state index contributed by atoms with van der Waals surface area (Å²) >= 11 is 5.96. The molecule has 2 amide bonds. The summed E-state index contributed by atoms with van der Waals surface area (Å²) in [4.78, 5) is 29.2. The Morgan fingerprint density at radius 3 is 2.43 bits per heavy atom. The molecule has 0 bridgehead atoms. The van der Waals surface area contributed by atoms with Gasteiger partial charge < -0.3 is 19.3 Å². The summed E-state index contributed by atoms with van der Waals surface area (Å²) in [5.41, 5.74) is 0.990. The number of carbonyl (C=O) groups is 2. The molecule has 3 rings (SSSR count). The number of benzene rings is 1. The van der Waals surface area contributed by atoms with Crippen LogP contribution in [0.5, 0.6) is 5.75 Å². The minimum absolute atomic E-state index is 0.0164. The SMILES string of the molecule is Cc1cc(Cl)ccc1OCCCC(=O)N1CCC(C(=O)N2CC(C)OC(C)C2)CC1. The van der Waals surface area contributed by atoms with Gasteiger partial charge in [0.15, 0.2) is 0 Å². The number of hydrogen-bond donors (Lipinski definition) is 0. The standard InChI is InChI=1S/C23H33ClN2O4/c1-16-13-20(24)6-7-21(16)29-12-4-5-22(27)25-10-8-19(9-11-25)23(28)26-14-17(2)30-18(3)15-26/h6-7,13,17-19H,4-5,8-12,14-15H2,1-3H3. The maximum Gasteiger partial charge on any atom is 0.225 e. The van der Waals surface area contributed by atoms with E-state index in [4.69, 9.17) is 21.1 Å². The van der Waals surface area contributed by atoms with Crippen molar-refractivity contribution < 1.29 is 19.1 Å². The molecule has 0 saturated carbocycles. The fourth-order valence-corrected chi connectivity index (χ4v) is 4.56. The molecule has 1 aromatic rings. The average molecular weight is 437 g/mol. The summed E-state index contributed by atoms with van der Waals surface area (Å²) in [6, 6.07) is 5.53. The van der Waals surface area contributed by atoms with Gasteiger partial charge in [-0.25, -0.2) is 0 Å². The molecule has 0 N–H and O–H groups in total. The second kappa shape index (κ2) is 10.5. The molecule has 30 heavy (non-hydrogen) atoms. The molecule has 0 aliphatic carbocycles. The first-order chi connectivity index (χ1) is 14.3. The maximum absolute atomic E-state index is 12.9. The molecule has 2 atom stereocenters. The van der Waals surface area contributed by atoms with Crippen molar-refractivity contribution in [3.63, 3.8) is 0 Å². The highest BCUT2D eigenvalue weighted by Crippen LogP contribution is 2.24. The molecule has 2 aliphatic heterocycles. The minimum atomic E-state index is 0.0164. The molecule has 7 heteroatoms. The number of nitrogens with zero attached hydrogens (tertiary/aromatic N) is 2. The van der Waals surface area contributed by atoms with Crippen LogP contribution >= 0.6 is 11.6 Å². The molecule has 0 radical (unpaired) electrons. The Balaban J connectivity index is 1.37. The highest BCUT2D eigenvalue weighted by atomic mass is 35.5. The van der Waals surface area contributed by atoms with E-state index in [2.05, 4.69) is 0 Å². The first-order valence-corrected chi connectivity index (χ1v) is 11.3. The van der Waals surface area contributed by atoms with Crippen LogP contribution < -0.4 is 4.74 Å². The summed E-state index contributed by atoms with van der Waals surface area (Å²) in [6.45, 7) is 9.10. The molecule has 2 saturated heterocycles. The predicted octanol–water partition coefficient (Wildman–Crippen LogP) is 3.68.